The Morgan fingerprint density at radius 2 is 2.10 bits per heavy atom. The van der Waals surface area contributed by atoms with Crippen molar-refractivity contribution >= 4 is 21.7 Å². The highest BCUT2D eigenvalue weighted by molar-refractivity contribution is 9.10. The Morgan fingerprint density at radius 3 is 2.70 bits per heavy atom. The maximum Gasteiger partial charge on any atom is 0.216 e. The highest BCUT2D eigenvalue weighted by Gasteiger charge is 2.24. The van der Waals surface area contributed by atoms with Gasteiger partial charge in [0.05, 0.1) is 13.3 Å². The molecule has 0 saturated heterocycles. The number of rotatable bonds is 4. The van der Waals surface area contributed by atoms with Crippen LogP contribution in [0.2, 0.25) is 0 Å². The van der Waals surface area contributed by atoms with Gasteiger partial charge in [0, 0.05) is 16.1 Å². The van der Waals surface area contributed by atoms with Gasteiger partial charge in [-0.3, -0.25) is 9.48 Å². The lowest BCUT2D eigenvalue weighted by Crippen LogP contribution is -2.15. The van der Waals surface area contributed by atoms with E-state index in [-0.39, 0.29) is 11.8 Å². The third-order valence-corrected chi connectivity index (χ3v) is 4.18. The molecule has 0 amide bonds. The number of carbonyl (C=O) groups excluding carboxylic acids is 1. The number of ketones is 1. The molecular formula is C15H17BrN2O2. The Bertz CT molecular complexity index is 647. The van der Waals surface area contributed by atoms with Crippen LogP contribution in [0.15, 0.2) is 28.9 Å². The zero-order valence-corrected chi connectivity index (χ0v) is 13.6. The molecule has 1 aromatic heterocycles. The van der Waals surface area contributed by atoms with E-state index in [0.717, 1.165) is 10.0 Å². The molecule has 0 radical (unpaired) electrons. The highest BCUT2D eigenvalue weighted by atomic mass is 79.9. The van der Waals surface area contributed by atoms with E-state index in [9.17, 15) is 4.79 Å². The molecule has 106 valence electrons. The molecule has 4 nitrogen and oxygen atoms in total. The first-order valence-corrected chi connectivity index (χ1v) is 7.18. The van der Waals surface area contributed by atoms with Gasteiger partial charge in [0.25, 0.3) is 0 Å². The molecule has 0 spiro atoms. The average molecular weight is 337 g/mol. The van der Waals surface area contributed by atoms with E-state index < -0.39 is 0 Å². The summed E-state index contributed by atoms with van der Waals surface area (Å²) in [5, 5.41) is 4.24. The molecular weight excluding hydrogens is 320 g/mol. The Labute approximate surface area is 126 Å². The van der Waals surface area contributed by atoms with E-state index in [1.54, 1.807) is 24.1 Å². The summed E-state index contributed by atoms with van der Waals surface area (Å²) in [4.78, 5) is 12.8. The summed E-state index contributed by atoms with van der Waals surface area (Å²) in [5.74, 6) is 0.403. The largest absolute Gasteiger partial charge is 0.493 e. The van der Waals surface area contributed by atoms with E-state index >= 15 is 0 Å². The Kier molecular flexibility index (Phi) is 4.28. The van der Waals surface area contributed by atoms with Crippen molar-refractivity contribution in [3.8, 4) is 5.75 Å². The number of aromatic nitrogens is 2. The van der Waals surface area contributed by atoms with Crippen LogP contribution >= 0.6 is 15.9 Å². The van der Waals surface area contributed by atoms with Crippen molar-refractivity contribution in [2.24, 2.45) is 0 Å². The molecule has 0 aliphatic rings. The minimum atomic E-state index is -0.0939. The van der Waals surface area contributed by atoms with Gasteiger partial charge in [0.15, 0.2) is 11.4 Å². The molecule has 1 aromatic carbocycles. The van der Waals surface area contributed by atoms with Crippen LogP contribution < -0.4 is 4.74 Å². The van der Waals surface area contributed by atoms with E-state index in [1.807, 2.05) is 32.9 Å². The number of ether oxygens (including phenoxy) is 1. The number of aryl methyl sites for hydroxylation is 1. The Balaban J connectivity index is 2.58. The van der Waals surface area contributed by atoms with Crippen LogP contribution in [0.4, 0.5) is 0 Å². The monoisotopic (exact) mass is 336 g/mol. The maximum absolute atomic E-state index is 12.8. The van der Waals surface area contributed by atoms with Gasteiger partial charge in [0.2, 0.25) is 5.78 Å². The fourth-order valence-corrected chi connectivity index (χ4v) is 2.50. The number of nitrogens with zero attached hydrogens (tertiary/aromatic N) is 2. The van der Waals surface area contributed by atoms with Crippen LogP contribution in [0.1, 0.15) is 41.5 Å². The summed E-state index contributed by atoms with van der Waals surface area (Å²) in [6.45, 7) is 5.92. The summed E-state index contributed by atoms with van der Waals surface area (Å²) >= 11 is 3.48. The normalized spacial score (nSPS) is 10.9. The zero-order chi connectivity index (χ0) is 14.9. The fraction of sp³-hybridized carbons (Fsp3) is 0.333. The van der Waals surface area contributed by atoms with E-state index in [1.165, 1.54) is 0 Å². The van der Waals surface area contributed by atoms with Crippen molar-refractivity contribution in [3.63, 3.8) is 0 Å². The van der Waals surface area contributed by atoms with Crippen molar-refractivity contribution in [2.45, 2.75) is 26.8 Å². The lowest BCUT2D eigenvalue weighted by Gasteiger charge is -2.12. The van der Waals surface area contributed by atoms with Gasteiger partial charge < -0.3 is 4.74 Å². The lowest BCUT2D eigenvalue weighted by atomic mass is 10.0. The number of halogens is 1. The number of hydrogen-bond acceptors (Lipinski definition) is 3. The van der Waals surface area contributed by atoms with Gasteiger partial charge in [-0.2, -0.15) is 5.10 Å². The summed E-state index contributed by atoms with van der Waals surface area (Å²) in [5.41, 5.74) is 2.12. The van der Waals surface area contributed by atoms with Gasteiger partial charge in [0.1, 0.15) is 0 Å². The second kappa shape index (κ2) is 5.79. The van der Waals surface area contributed by atoms with Crippen LogP contribution in [0.3, 0.4) is 0 Å². The minimum Gasteiger partial charge on any atom is -0.493 e. The third kappa shape index (κ3) is 2.50. The number of methoxy groups -OCH3 is 1. The number of hydrogen-bond donors (Lipinski definition) is 0. The number of carbonyl (C=O) groups is 1. The molecule has 0 unspecified atom stereocenters. The van der Waals surface area contributed by atoms with Crippen LogP contribution in [0.25, 0.3) is 0 Å². The topological polar surface area (TPSA) is 44.1 Å². The molecule has 0 N–H and O–H groups in total. The van der Waals surface area contributed by atoms with Crippen molar-refractivity contribution in [1.29, 1.82) is 0 Å². The molecule has 0 bridgehead atoms. The molecule has 5 heteroatoms. The first-order valence-electron chi connectivity index (χ1n) is 6.38. The molecule has 0 atom stereocenters. The average Bonchev–Trinajstić information content (AvgIpc) is 2.85. The molecule has 20 heavy (non-hydrogen) atoms. The van der Waals surface area contributed by atoms with E-state index in [2.05, 4.69) is 21.0 Å². The van der Waals surface area contributed by atoms with Gasteiger partial charge >= 0.3 is 0 Å². The second-order valence-electron chi connectivity index (χ2n) is 4.87. The van der Waals surface area contributed by atoms with E-state index in [4.69, 9.17) is 4.74 Å². The van der Waals surface area contributed by atoms with Gasteiger partial charge in [-0.25, -0.2) is 0 Å². The van der Waals surface area contributed by atoms with Gasteiger partial charge in [-0.15, -0.1) is 0 Å². The van der Waals surface area contributed by atoms with Crippen LogP contribution in [-0.2, 0) is 0 Å². The van der Waals surface area contributed by atoms with E-state index in [0.29, 0.717) is 17.0 Å². The van der Waals surface area contributed by atoms with Crippen molar-refractivity contribution in [2.75, 3.05) is 7.11 Å². The van der Waals surface area contributed by atoms with Crippen LogP contribution in [-0.4, -0.2) is 22.7 Å². The van der Waals surface area contributed by atoms with Gasteiger partial charge in [-0.05, 0) is 48.3 Å². The van der Waals surface area contributed by atoms with Crippen molar-refractivity contribution in [1.82, 2.24) is 9.78 Å². The van der Waals surface area contributed by atoms with Crippen molar-refractivity contribution < 1.29 is 9.53 Å². The first kappa shape index (κ1) is 14.8. The smallest absolute Gasteiger partial charge is 0.216 e. The predicted octanol–water partition coefficient (Wildman–Crippen LogP) is 3.77. The first-order chi connectivity index (χ1) is 9.47. The lowest BCUT2D eigenvalue weighted by molar-refractivity contribution is 0.102. The summed E-state index contributed by atoms with van der Waals surface area (Å²) < 4.78 is 7.77. The number of benzene rings is 1. The molecule has 1 heterocycles. The van der Waals surface area contributed by atoms with Crippen molar-refractivity contribution in [3.05, 3.63) is 45.7 Å². The van der Waals surface area contributed by atoms with Crippen LogP contribution in [0, 0.1) is 6.92 Å². The third-order valence-electron chi connectivity index (χ3n) is 3.12. The standard InChI is InChI=1S/C15H17BrN2O2/c1-9(2)18-14(12(20-4)8-17-18)15(19)11-7-5-6-10(3)13(11)16/h5-9H,1-4H3. The summed E-state index contributed by atoms with van der Waals surface area (Å²) in [7, 11) is 1.55. The Hall–Kier alpha value is -1.62. The molecule has 0 aliphatic heterocycles. The molecule has 2 rings (SSSR count). The quantitative estimate of drug-likeness (QED) is 0.798. The molecule has 2 aromatic rings. The molecule has 0 fully saturated rings. The SMILES string of the molecule is COc1cnn(C(C)C)c1C(=O)c1cccc(C)c1Br. The summed E-state index contributed by atoms with van der Waals surface area (Å²) in [6.07, 6.45) is 1.58. The minimum absolute atomic E-state index is 0.0847. The molecule has 0 aliphatic carbocycles. The second-order valence-corrected chi connectivity index (χ2v) is 5.66. The zero-order valence-electron chi connectivity index (χ0n) is 12.0. The van der Waals surface area contributed by atoms with Crippen LogP contribution in [0.5, 0.6) is 5.75 Å². The Morgan fingerprint density at radius 1 is 1.40 bits per heavy atom. The maximum atomic E-state index is 12.8. The summed E-state index contributed by atoms with van der Waals surface area (Å²) in [6, 6.07) is 5.71. The molecule has 0 saturated carbocycles. The highest BCUT2D eigenvalue weighted by Crippen LogP contribution is 2.28. The predicted molar refractivity (Wildman–Crippen MR) is 81.5 cm³/mol. The van der Waals surface area contributed by atoms with Gasteiger partial charge in [-0.1, -0.05) is 12.1 Å². The fourth-order valence-electron chi connectivity index (χ4n) is 2.05.